The van der Waals surface area contributed by atoms with Crippen molar-refractivity contribution in [3.05, 3.63) is 41.2 Å². The van der Waals surface area contributed by atoms with Gasteiger partial charge in [0.2, 0.25) is 0 Å². The SMILES string of the molecule is COCCNc1cc(NC(=O)N2c3nc(C=O)ccc3C3(OC)CC2C3)ncc1C#N. The third-order valence-electron chi connectivity index (χ3n) is 5.72. The second-order valence-electron chi connectivity index (χ2n) is 7.43. The fourth-order valence-corrected chi connectivity index (χ4v) is 4.10. The summed E-state index contributed by atoms with van der Waals surface area (Å²) >= 11 is 0. The first-order valence-electron chi connectivity index (χ1n) is 9.80. The molecule has 0 atom stereocenters. The Kier molecular flexibility index (Phi) is 5.54. The third kappa shape index (κ3) is 3.58. The summed E-state index contributed by atoms with van der Waals surface area (Å²) in [5, 5.41) is 15.2. The van der Waals surface area contributed by atoms with Crippen molar-refractivity contribution in [2.75, 3.05) is 42.9 Å². The summed E-state index contributed by atoms with van der Waals surface area (Å²) in [5.74, 6) is 0.707. The monoisotopic (exact) mass is 422 g/mol. The van der Waals surface area contributed by atoms with Crippen molar-refractivity contribution in [2.45, 2.75) is 24.5 Å². The number of hydrogen-bond acceptors (Lipinski definition) is 8. The molecule has 10 heteroatoms. The van der Waals surface area contributed by atoms with E-state index in [1.807, 2.05) is 0 Å². The highest BCUT2D eigenvalue weighted by molar-refractivity contribution is 6.03. The lowest BCUT2D eigenvalue weighted by Crippen LogP contribution is -2.62. The summed E-state index contributed by atoms with van der Waals surface area (Å²) in [4.78, 5) is 34.5. The number of carbonyl (C=O) groups is 2. The van der Waals surface area contributed by atoms with Crippen molar-refractivity contribution < 1.29 is 19.1 Å². The first-order valence-corrected chi connectivity index (χ1v) is 9.80. The molecule has 1 aliphatic carbocycles. The summed E-state index contributed by atoms with van der Waals surface area (Å²) in [6.07, 6.45) is 3.35. The van der Waals surface area contributed by atoms with Crippen molar-refractivity contribution in [1.82, 2.24) is 9.97 Å². The Balaban J connectivity index is 1.60. The van der Waals surface area contributed by atoms with Crippen LogP contribution in [0.15, 0.2) is 24.4 Å². The average molecular weight is 422 g/mol. The predicted octanol–water partition coefficient (Wildman–Crippen LogP) is 2.28. The molecule has 0 spiro atoms. The molecule has 0 radical (unpaired) electrons. The molecule has 4 heterocycles. The number of aromatic nitrogens is 2. The highest BCUT2D eigenvalue weighted by Crippen LogP contribution is 2.54. The summed E-state index contributed by atoms with van der Waals surface area (Å²) < 4.78 is 10.7. The van der Waals surface area contributed by atoms with Crippen LogP contribution in [0.1, 0.15) is 34.5 Å². The molecule has 2 N–H and O–H groups in total. The van der Waals surface area contributed by atoms with Crippen molar-refractivity contribution in [2.24, 2.45) is 0 Å². The summed E-state index contributed by atoms with van der Waals surface area (Å²) in [6.45, 7) is 0.967. The number of rotatable bonds is 7. The van der Waals surface area contributed by atoms with Crippen LogP contribution in [0.5, 0.6) is 0 Å². The van der Waals surface area contributed by atoms with Crippen LogP contribution in [0.4, 0.5) is 22.1 Å². The van der Waals surface area contributed by atoms with Crippen molar-refractivity contribution >= 4 is 29.6 Å². The predicted molar refractivity (Wildman–Crippen MR) is 112 cm³/mol. The lowest BCUT2D eigenvalue weighted by atomic mass is 9.67. The minimum absolute atomic E-state index is 0.0977. The number of urea groups is 1. The van der Waals surface area contributed by atoms with Gasteiger partial charge in [0.05, 0.1) is 17.9 Å². The smallest absolute Gasteiger partial charge is 0.328 e. The number of nitrogens with one attached hydrogen (secondary N) is 2. The number of nitrogens with zero attached hydrogens (tertiary/aromatic N) is 4. The molecule has 2 aromatic rings. The first kappa shape index (κ1) is 20.7. The minimum atomic E-state index is -0.476. The van der Waals surface area contributed by atoms with Crippen LogP contribution >= 0.6 is 0 Å². The van der Waals surface area contributed by atoms with Gasteiger partial charge in [-0.25, -0.2) is 14.8 Å². The normalized spacial score (nSPS) is 20.8. The molecule has 2 aliphatic heterocycles. The van der Waals surface area contributed by atoms with Crippen LogP contribution in [-0.4, -0.2) is 55.7 Å². The maximum absolute atomic E-state index is 13.2. The number of anilines is 3. The third-order valence-corrected chi connectivity index (χ3v) is 5.72. The number of amides is 2. The molecular weight excluding hydrogens is 400 g/mol. The lowest BCUT2D eigenvalue weighted by Gasteiger charge is -2.55. The zero-order valence-corrected chi connectivity index (χ0v) is 17.2. The Morgan fingerprint density at radius 2 is 2.23 bits per heavy atom. The van der Waals surface area contributed by atoms with Gasteiger partial charge in [0.1, 0.15) is 29.0 Å². The van der Waals surface area contributed by atoms with E-state index in [0.29, 0.717) is 55.2 Å². The highest BCUT2D eigenvalue weighted by Gasteiger charge is 2.56. The Labute approximate surface area is 179 Å². The second-order valence-corrected chi connectivity index (χ2v) is 7.43. The Hall–Kier alpha value is -3.55. The van der Waals surface area contributed by atoms with Gasteiger partial charge in [-0.05, 0) is 6.07 Å². The van der Waals surface area contributed by atoms with Crippen LogP contribution in [0.25, 0.3) is 0 Å². The van der Waals surface area contributed by atoms with E-state index in [1.54, 1.807) is 37.3 Å². The van der Waals surface area contributed by atoms with Gasteiger partial charge in [-0.1, -0.05) is 6.07 Å². The van der Waals surface area contributed by atoms with Crippen LogP contribution in [0.3, 0.4) is 0 Å². The fourth-order valence-electron chi connectivity index (χ4n) is 4.10. The Morgan fingerprint density at radius 1 is 1.42 bits per heavy atom. The van der Waals surface area contributed by atoms with Gasteiger partial charge in [0.25, 0.3) is 0 Å². The molecule has 31 heavy (non-hydrogen) atoms. The fraction of sp³-hybridized carbons (Fsp3) is 0.381. The topological polar surface area (TPSA) is 129 Å². The number of hydrogen-bond donors (Lipinski definition) is 2. The maximum Gasteiger partial charge on any atom is 0.328 e. The van der Waals surface area contributed by atoms with Gasteiger partial charge in [-0.15, -0.1) is 0 Å². The van der Waals surface area contributed by atoms with Gasteiger partial charge in [-0.3, -0.25) is 15.0 Å². The molecule has 0 aromatic carbocycles. The minimum Gasteiger partial charge on any atom is -0.383 e. The van der Waals surface area contributed by atoms with E-state index in [-0.39, 0.29) is 11.7 Å². The zero-order valence-electron chi connectivity index (χ0n) is 17.2. The van der Waals surface area contributed by atoms with Crippen LogP contribution in [-0.2, 0) is 15.1 Å². The van der Waals surface area contributed by atoms with E-state index in [9.17, 15) is 14.9 Å². The molecule has 2 aromatic heterocycles. The maximum atomic E-state index is 13.2. The van der Waals surface area contributed by atoms with Gasteiger partial charge in [0.15, 0.2) is 6.29 Å². The van der Waals surface area contributed by atoms with Gasteiger partial charge < -0.3 is 14.8 Å². The second kappa shape index (κ2) is 8.29. The number of nitriles is 1. The summed E-state index contributed by atoms with van der Waals surface area (Å²) in [6, 6.07) is 6.59. The molecule has 2 bridgehead atoms. The van der Waals surface area contributed by atoms with E-state index in [2.05, 4.69) is 26.7 Å². The molecule has 1 fully saturated rings. The van der Waals surface area contributed by atoms with E-state index in [1.165, 1.54) is 6.20 Å². The standard InChI is InChI=1S/C21H22N6O4/c1-30-6-5-23-17-7-18(24-11-13(17)10-22)26-20(29)27-15-8-21(9-15,31-2)16-4-3-14(12-28)25-19(16)27/h3-4,7,11-12,15H,5-6,8-9H2,1-2H3,(H2,23,24,26,29). The van der Waals surface area contributed by atoms with E-state index >= 15 is 0 Å². The Bertz CT molecular complexity index is 1060. The van der Waals surface area contributed by atoms with Gasteiger partial charge >= 0.3 is 6.03 Å². The van der Waals surface area contributed by atoms with Crippen LogP contribution < -0.4 is 15.5 Å². The van der Waals surface area contributed by atoms with Crippen molar-refractivity contribution in [3.8, 4) is 6.07 Å². The van der Waals surface area contributed by atoms with Crippen LogP contribution in [0.2, 0.25) is 0 Å². The number of aldehydes is 1. The Morgan fingerprint density at radius 3 is 2.90 bits per heavy atom. The molecule has 160 valence electrons. The van der Waals surface area contributed by atoms with Gasteiger partial charge in [-0.2, -0.15) is 5.26 Å². The first-order chi connectivity index (χ1) is 15.0. The zero-order chi connectivity index (χ0) is 22.0. The van der Waals surface area contributed by atoms with Crippen molar-refractivity contribution in [1.29, 1.82) is 5.26 Å². The molecule has 0 unspecified atom stereocenters. The average Bonchev–Trinajstić information content (AvgIpc) is 2.77. The number of pyridine rings is 2. The summed E-state index contributed by atoms with van der Waals surface area (Å²) in [7, 11) is 3.23. The van der Waals surface area contributed by atoms with Crippen LogP contribution in [0, 0.1) is 11.3 Å². The van der Waals surface area contributed by atoms with Crippen molar-refractivity contribution in [3.63, 3.8) is 0 Å². The van der Waals surface area contributed by atoms with E-state index in [0.717, 1.165) is 5.56 Å². The quantitative estimate of drug-likeness (QED) is 0.513. The van der Waals surface area contributed by atoms with E-state index < -0.39 is 11.6 Å². The molecule has 2 amide bonds. The summed E-state index contributed by atoms with van der Waals surface area (Å²) in [5.41, 5.74) is 1.46. The largest absolute Gasteiger partial charge is 0.383 e. The number of methoxy groups -OCH3 is 2. The van der Waals surface area contributed by atoms with Gasteiger partial charge in [0, 0.05) is 57.5 Å². The molecule has 3 aliphatic rings. The molecule has 5 rings (SSSR count). The number of ether oxygens (including phenoxy) is 2. The molecule has 0 saturated heterocycles. The molecular formula is C21H22N6O4. The van der Waals surface area contributed by atoms with E-state index in [4.69, 9.17) is 9.47 Å². The molecule has 1 saturated carbocycles. The highest BCUT2D eigenvalue weighted by atomic mass is 16.5. The lowest BCUT2D eigenvalue weighted by molar-refractivity contribution is -0.0955. The molecule has 10 nitrogen and oxygen atoms in total. The number of carbonyl (C=O) groups excluding carboxylic acids is 2.